The van der Waals surface area contributed by atoms with Crippen molar-refractivity contribution in [3.63, 3.8) is 0 Å². The molecule has 0 radical (unpaired) electrons. The molecule has 15 heavy (non-hydrogen) atoms. The number of rotatable bonds is 2. The molecule has 1 heterocycles. The van der Waals surface area contributed by atoms with Crippen LogP contribution in [0.25, 0.3) is 0 Å². The van der Waals surface area contributed by atoms with E-state index in [0.29, 0.717) is 5.02 Å². The van der Waals surface area contributed by atoms with Gasteiger partial charge in [-0.2, -0.15) is 0 Å². The Labute approximate surface area is 93.8 Å². The minimum atomic E-state index is -0.122. The van der Waals surface area contributed by atoms with Crippen LogP contribution in [0, 0.1) is 0 Å². The van der Waals surface area contributed by atoms with E-state index in [9.17, 15) is 4.79 Å². The molecule has 1 unspecified atom stereocenters. The summed E-state index contributed by atoms with van der Waals surface area (Å²) in [4.78, 5) is 11.6. The van der Waals surface area contributed by atoms with Crippen molar-refractivity contribution >= 4 is 28.9 Å². The van der Waals surface area contributed by atoms with Crippen molar-refractivity contribution in [1.82, 2.24) is 0 Å². The van der Waals surface area contributed by atoms with Gasteiger partial charge < -0.3 is 10.6 Å². The number of anilines is 2. The zero-order chi connectivity index (χ0) is 10.8. The first-order chi connectivity index (χ1) is 7.20. The normalized spacial score (nSPS) is 19.1. The van der Waals surface area contributed by atoms with Crippen LogP contribution in [0.2, 0.25) is 5.02 Å². The molecule has 1 atom stereocenters. The lowest BCUT2D eigenvalue weighted by Gasteiger charge is -2.26. The summed E-state index contributed by atoms with van der Waals surface area (Å²) in [6.07, 6.45) is 1.82. The largest absolute Gasteiger partial charge is 0.372 e. The fourth-order valence-corrected chi connectivity index (χ4v) is 1.88. The molecule has 0 saturated heterocycles. The molecule has 2 N–H and O–H groups in total. The predicted molar refractivity (Wildman–Crippen MR) is 62.4 cm³/mol. The molecule has 0 saturated carbocycles. The van der Waals surface area contributed by atoms with Crippen molar-refractivity contribution in [1.29, 1.82) is 0 Å². The summed E-state index contributed by atoms with van der Waals surface area (Å²) in [6, 6.07) is 5.33. The van der Waals surface area contributed by atoms with Gasteiger partial charge in [-0.1, -0.05) is 24.9 Å². The molecule has 4 heteroatoms. The molecule has 1 aromatic rings. The van der Waals surface area contributed by atoms with Gasteiger partial charge in [0, 0.05) is 5.02 Å². The zero-order valence-electron chi connectivity index (χ0n) is 8.51. The van der Waals surface area contributed by atoms with Crippen LogP contribution in [0.15, 0.2) is 18.2 Å². The Balaban J connectivity index is 2.26. The van der Waals surface area contributed by atoms with Crippen LogP contribution in [0.1, 0.15) is 19.8 Å². The average Bonchev–Trinajstić information content (AvgIpc) is 2.20. The van der Waals surface area contributed by atoms with Gasteiger partial charge in [0.1, 0.15) is 6.04 Å². The predicted octanol–water partition coefficient (Wildman–Crippen LogP) is 2.87. The second-order valence-electron chi connectivity index (χ2n) is 3.66. The van der Waals surface area contributed by atoms with Crippen molar-refractivity contribution in [2.75, 3.05) is 10.6 Å². The maximum Gasteiger partial charge on any atom is 0.246 e. The van der Waals surface area contributed by atoms with E-state index >= 15 is 0 Å². The number of hydrogen-bond acceptors (Lipinski definition) is 2. The fraction of sp³-hybridized carbons (Fsp3) is 0.364. The number of hydrogen-bond donors (Lipinski definition) is 2. The van der Waals surface area contributed by atoms with Crippen LogP contribution in [-0.4, -0.2) is 11.9 Å². The molecule has 0 aliphatic carbocycles. The van der Waals surface area contributed by atoms with Crippen molar-refractivity contribution in [2.45, 2.75) is 25.8 Å². The Bertz CT molecular complexity index is 392. The quantitative estimate of drug-likeness (QED) is 0.811. The van der Waals surface area contributed by atoms with Gasteiger partial charge in [-0.15, -0.1) is 0 Å². The molecule has 1 aliphatic rings. The standard InChI is InChI=1S/C11H13ClN2O/c1-2-3-9-11(15)14-10-6-7(12)4-5-8(10)13-9/h4-6,9,13H,2-3H2,1H3,(H,14,15). The van der Waals surface area contributed by atoms with Gasteiger partial charge in [-0.25, -0.2) is 0 Å². The molecule has 1 aromatic carbocycles. The summed E-state index contributed by atoms with van der Waals surface area (Å²) in [7, 11) is 0. The molecule has 2 rings (SSSR count). The Morgan fingerprint density at radius 3 is 2.93 bits per heavy atom. The minimum absolute atomic E-state index is 0.0200. The highest BCUT2D eigenvalue weighted by Crippen LogP contribution is 2.30. The first-order valence-electron chi connectivity index (χ1n) is 5.07. The van der Waals surface area contributed by atoms with Gasteiger partial charge in [0.2, 0.25) is 5.91 Å². The second kappa shape index (κ2) is 4.11. The maximum absolute atomic E-state index is 11.6. The van der Waals surface area contributed by atoms with Crippen molar-refractivity contribution in [3.05, 3.63) is 23.2 Å². The Kier molecular flexibility index (Phi) is 2.82. The van der Waals surface area contributed by atoms with E-state index in [1.54, 1.807) is 6.07 Å². The van der Waals surface area contributed by atoms with Gasteiger partial charge in [0.15, 0.2) is 0 Å². The van der Waals surface area contributed by atoms with Crippen LogP contribution in [0.4, 0.5) is 11.4 Å². The van der Waals surface area contributed by atoms with Crippen LogP contribution in [0.5, 0.6) is 0 Å². The summed E-state index contributed by atoms with van der Waals surface area (Å²) in [5, 5.41) is 6.68. The Morgan fingerprint density at radius 1 is 1.40 bits per heavy atom. The van der Waals surface area contributed by atoms with E-state index in [2.05, 4.69) is 17.6 Å². The molecule has 80 valence electrons. The number of carbonyl (C=O) groups is 1. The van der Waals surface area contributed by atoms with Gasteiger partial charge in [-0.3, -0.25) is 4.79 Å². The van der Waals surface area contributed by atoms with Crippen molar-refractivity contribution in [2.24, 2.45) is 0 Å². The molecular weight excluding hydrogens is 212 g/mol. The van der Waals surface area contributed by atoms with Crippen molar-refractivity contribution < 1.29 is 4.79 Å². The lowest BCUT2D eigenvalue weighted by molar-refractivity contribution is -0.117. The third-order valence-corrected chi connectivity index (χ3v) is 2.70. The van der Waals surface area contributed by atoms with E-state index in [-0.39, 0.29) is 11.9 Å². The number of nitrogens with one attached hydrogen (secondary N) is 2. The highest BCUT2D eigenvalue weighted by atomic mass is 35.5. The van der Waals surface area contributed by atoms with Gasteiger partial charge >= 0.3 is 0 Å². The SMILES string of the molecule is CCCC1Nc2ccc(Cl)cc2NC1=O. The molecule has 0 spiro atoms. The second-order valence-corrected chi connectivity index (χ2v) is 4.10. The van der Waals surface area contributed by atoms with Crippen molar-refractivity contribution in [3.8, 4) is 0 Å². The monoisotopic (exact) mass is 224 g/mol. The van der Waals surface area contributed by atoms with Gasteiger partial charge in [-0.05, 0) is 24.6 Å². The van der Waals surface area contributed by atoms with Crippen LogP contribution >= 0.6 is 11.6 Å². The molecule has 1 aliphatic heterocycles. The Morgan fingerprint density at radius 2 is 2.20 bits per heavy atom. The maximum atomic E-state index is 11.6. The highest BCUT2D eigenvalue weighted by molar-refractivity contribution is 6.31. The van der Waals surface area contributed by atoms with Crippen LogP contribution in [-0.2, 0) is 4.79 Å². The molecule has 3 nitrogen and oxygen atoms in total. The van der Waals surface area contributed by atoms with E-state index in [1.807, 2.05) is 12.1 Å². The summed E-state index contributed by atoms with van der Waals surface area (Å²) in [5.74, 6) is 0.0200. The van der Waals surface area contributed by atoms with Gasteiger partial charge in [0.05, 0.1) is 11.4 Å². The number of amides is 1. The smallest absolute Gasteiger partial charge is 0.246 e. The lowest BCUT2D eigenvalue weighted by Crippen LogP contribution is -2.38. The average molecular weight is 225 g/mol. The summed E-state index contributed by atoms with van der Waals surface area (Å²) in [5.41, 5.74) is 1.71. The molecule has 1 amide bonds. The van der Waals surface area contributed by atoms with E-state index in [1.165, 1.54) is 0 Å². The van der Waals surface area contributed by atoms with E-state index in [0.717, 1.165) is 24.2 Å². The molecule has 0 bridgehead atoms. The number of halogens is 1. The third-order valence-electron chi connectivity index (χ3n) is 2.46. The zero-order valence-corrected chi connectivity index (χ0v) is 9.27. The third kappa shape index (κ3) is 2.07. The molecule has 0 aromatic heterocycles. The topological polar surface area (TPSA) is 41.1 Å². The molecule has 0 fully saturated rings. The van der Waals surface area contributed by atoms with Crippen LogP contribution < -0.4 is 10.6 Å². The van der Waals surface area contributed by atoms with E-state index in [4.69, 9.17) is 11.6 Å². The first kappa shape index (κ1) is 10.3. The van der Waals surface area contributed by atoms with Crippen LogP contribution in [0.3, 0.4) is 0 Å². The summed E-state index contributed by atoms with van der Waals surface area (Å²) >= 11 is 5.84. The van der Waals surface area contributed by atoms with E-state index < -0.39 is 0 Å². The first-order valence-corrected chi connectivity index (χ1v) is 5.45. The summed E-state index contributed by atoms with van der Waals surface area (Å²) in [6.45, 7) is 2.06. The molecular formula is C11H13ClN2O. The van der Waals surface area contributed by atoms with Gasteiger partial charge in [0.25, 0.3) is 0 Å². The minimum Gasteiger partial charge on any atom is -0.372 e. The lowest BCUT2D eigenvalue weighted by atomic mass is 10.1. The number of fused-ring (bicyclic) bond motifs is 1. The number of carbonyl (C=O) groups excluding carboxylic acids is 1. The Hall–Kier alpha value is -1.22. The number of benzene rings is 1. The highest BCUT2D eigenvalue weighted by Gasteiger charge is 2.24. The fourth-order valence-electron chi connectivity index (χ4n) is 1.71. The summed E-state index contributed by atoms with van der Waals surface area (Å²) < 4.78 is 0.